The summed E-state index contributed by atoms with van der Waals surface area (Å²) in [6, 6.07) is 15.4. The molecule has 6 nitrogen and oxygen atoms in total. The molecule has 2 rings (SSSR count). The van der Waals surface area contributed by atoms with E-state index >= 15 is 0 Å². The van der Waals surface area contributed by atoms with Crippen LogP contribution in [0.15, 0.2) is 48.5 Å². The van der Waals surface area contributed by atoms with Crippen LogP contribution in [0.4, 0.5) is 0 Å². The highest BCUT2D eigenvalue weighted by molar-refractivity contribution is 5.41. The molecule has 0 aliphatic rings. The second kappa shape index (κ2) is 11.6. The van der Waals surface area contributed by atoms with Crippen molar-refractivity contribution in [1.82, 2.24) is 0 Å². The molecular formula is C24H30O6. The van der Waals surface area contributed by atoms with Crippen LogP contribution in [0.2, 0.25) is 0 Å². The third-order valence-corrected chi connectivity index (χ3v) is 4.74. The van der Waals surface area contributed by atoms with Crippen molar-refractivity contribution >= 4 is 0 Å². The highest BCUT2D eigenvalue weighted by Crippen LogP contribution is 2.33. The minimum absolute atomic E-state index is 0.0471. The van der Waals surface area contributed by atoms with Crippen LogP contribution in [-0.2, 0) is 10.2 Å². The number of aliphatic hydroxyl groups excluding tert-OH is 3. The summed E-state index contributed by atoms with van der Waals surface area (Å²) < 4.78 is 16.2. The lowest BCUT2D eigenvalue weighted by molar-refractivity contribution is 0.0229. The van der Waals surface area contributed by atoms with Crippen LogP contribution in [0.25, 0.3) is 0 Å². The zero-order valence-corrected chi connectivity index (χ0v) is 17.5. The maximum absolute atomic E-state index is 9.82. The summed E-state index contributed by atoms with van der Waals surface area (Å²) in [5.74, 6) is 3.64. The van der Waals surface area contributed by atoms with Crippen molar-refractivity contribution < 1.29 is 29.5 Å². The van der Waals surface area contributed by atoms with E-state index in [0.717, 1.165) is 11.1 Å². The van der Waals surface area contributed by atoms with E-state index in [2.05, 4.69) is 19.8 Å². The number of aliphatic hydroxyl groups is 3. The number of hydrogen-bond acceptors (Lipinski definition) is 6. The summed E-state index contributed by atoms with van der Waals surface area (Å²) in [5.41, 5.74) is 1.97. The fourth-order valence-electron chi connectivity index (χ4n) is 2.84. The van der Waals surface area contributed by atoms with Gasteiger partial charge >= 0.3 is 0 Å². The SMILES string of the molecule is C#CCOCC(O)COc1ccc(C(C)(C)c2ccc(OCC(O)CO)cc2)cc1. The van der Waals surface area contributed by atoms with Gasteiger partial charge in [-0.1, -0.05) is 44.0 Å². The van der Waals surface area contributed by atoms with E-state index < -0.39 is 12.2 Å². The molecule has 0 spiro atoms. The first-order chi connectivity index (χ1) is 14.4. The molecular weight excluding hydrogens is 384 g/mol. The molecule has 2 aromatic carbocycles. The summed E-state index contributed by atoms with van der Waals surface area (Å²) >= 11 is 0. The average molecular weight is 414 g/mol. The molecule has 0 bridgehead atoms. The van der Waals surface area contributed by atoms with Crippen LogP contribution in [0.3, 0.4) is 0 Å². The number of terminal acetylenes is 1. The van der Waals surface area contributed by atoms with E-state index in [1.165, 1.54) is 0 Å². The van der Waals surface area contributed by atoms with Gasteiger partial charge in [0.15, 0.2) is 0 Å². The Hall–Kier alpha value is -2.56. The molecule has 162 valence electrons. The van der Waals surface area contributed by atoms with Gasteiger partial charge in [-0.3, -0.25) is 0 Å². The van der Waals surface area contributed by atoms with Gasteiger partial charge < -0.3 is 29.5 Å². The zero-order valence-electron chi connectivity index (χ0n) is 17.5. The Bertz CT molecular complexity index is 792. The quantitative estimate of drug-likeness (QED) is 0.364. The molecule has 0 saturated heterocycles. The first kappa shape index (κ1) is 23.7. The molecule has 0 saturated carbocycles. The highest BCUT2D eigenvalue weighted by Gasteiger charge is 2.23. The summed E-state index contributed by atoms with van der Waals surface area (Å²) in [6.45, 7) is 4.39. The normalized spacial score (nSPS) is 13.3. The number of hydrogen-bond donors (Lipinski definition) is 3. The van der Waals surface area contributed by atoms with Crippen LogP contribution in [-0.4, -0.2) is 60.6 Å². The molecule has 2 aromatic rings. The van der Waals surface area contributed by atoms with Crippen molar-refractivity contribution in [2.24, 2.45) is 0 Å². The number of rotatable bonds is 12. The Morgan fingerprint density at radius 2 is 1.30 bits per heavy atom. The van der Waals surface area contributed by atoms with Crippen molar-refractivity contribution in [2.75, 3.05) is 33.0 Å². The zero-order chi connectivity index (χ0) is 22.0. The molecule has 0 aliphatic heterocycles. The van der Waals surface area contributed by atoms with Gasteiger partial charge in [-0.2, -0.15) is 0 Å². The minimum atomic E-state index is -0.890. The molecule has 2 atom stereocenters. The van der Waals surface area contributed by atoms with E-state index in [9.17, 15) is 10.2 Å². The van der Waals surface area contributed by atoms with Crippen molar-refractivity contribution in [3.63, 3.8) is 0 Å². The maximum Gasteiger partial charge on any atom is 0.119 e. The van der Waals surface area contributed by atoms with Crippen molar-refractivity contribution in [2.45, 2.75) is 31.5 Å². The Labute approximate surface area is 178 Å². The fraction of sp³-hybridized carbons (Fsp3) is 0.417. The van der Waals surface area contributed by atoms with Gasteiger partial charge in [0.2, 0.25) is 0 Å². The maximum atomic E-state index is 9.82. The third-order valence-electron chi connectivity index (χ3n) is 4.74. The van der Waals surface area contributed by atoms with Gasteiger partial charge in [0.25, 0.3) is 0 Å². The van der Waals surface area contributed by atoms with Gasteiger partial charge in [-0.05, 0) is 35.4 Å². The Morgan fingerprint density at radius 1 is 0.833 bits per heavy atom. The first-order valence-corrected chi connectivity index (χ1v) is 9.81. The molecule has 0 aromatic heterocycles. The molecule has 3 N–H and O–H groups in total. The fourth-order valence-corrected chi connectivity index (χ4v) is 2.84. The Morgan fingerprint density at radius 3 is 1.73 bits per heavy atom. The predicted molar refractivity (Wildman–Crippen MR) is 115 cm³/mol. The second-order valence-electron chi connectivity index (χ2n) is 7.51. The molecule has 6 heteroatoms. The van der Waals surface area contributed by atoms with E-state index in [1.54, 1.807) is 0 Å². The monoisotopic (exact) mass is 414 g/mol. The summed E-state index contributed by atoms with van der Waals surface area (Å²) in [4.78, 5) is 0. The Kier molecular flexibility index (Phi) is 9.15. The molecule has 0 radical (unpaired) electrons. The predicted octanol–water partition coefficient (Wildman–Crippen LogP) is 2.13. The average Bonchev–Trinajstić information content (AvgIpc) is 2.76. The first-order valence-electron chi connectivity index (χ1n) is 9.81. The van der Waals surface area contributed by atoms with Crippen molar-refractivity contribution in [3.8, 4) is 23.8 Å². The largest absolute Gasteiger partial charge is 0.491 e. The van der Waals surface area contributed by atoms with Gasteiger partial charge in [0, 0.05) is 5.41 Å². The minimum Gasteiger partial charge on any atom is -0.491 e. The lowest BCUT2D eigenvalue weighted by Gasteiger charge is -2.26. The van der Waals surface area contributed by atoms with Crippen LogP contribution in [0, 0.1) is 12.3 Å². The lowest BCUT2D eigenvalue weighted by atomic mass is 9.78. The van der Waals surface area contributed by atoms with Gasteiger partial charge in [0.1, 0.15) is 43.5 Å². The lowest BCUT2D eigenvalue weighted by Crippen LogP contribution is -2.23. The van der Waals surface area contributed by atoms with Gasteiger partial charge in [-0.15, -0.1) is 6.42 Å². The van der Waals surface area contributed by atoms with Crippen LogP contribution in [0.5, 0.6) is 11.5 Å². The highest BCUT2D eigenvalue weighted by atomic mass is 16.5. The second-order valence-corrected chi connectivity index (χ2v) is 7.51. The van der Waals surface area contributed by atoms with Gasteiger partial charge in [0.05, 0.1) is 13.2 Å². The summed E-state index contributed by atoms with van der Waals surface area (Å²) in [7, 11) is 0. The molecule has 0 heterocycles. The topological polar surface area (TPSA) is 88.4 Å². The van der Waals surface area contributed by atoms with Gasteiger partial charge in [-0.25, -0.2) is 0 Å². The van der Waals surface area contributed by atoms with E-state index in [0.29, 0.717) is 11.5 Å². The number of ether oxygens (including phenoxy) is 3. The molecule has 0 amide bonds. The summed E-state index contributed by atoms with van der Waals surface area (Å²) in [6.07, 6.45) is 3.46. The summed E-state index contributed by atoms with van der Waals surface area (Å²) in [5, 5.41) is 28.0. The Balaban J connectivity index is 1.95. The van der Waals surface area contributed by atoms with E-state index in [4.69, 9.17) is 25.7 Å². The molecule has 30 heavy (non-hydrogen) atoms. The van der Waals surface area contributed by atoms with Crippen molar-refractivity contribution in [3.05, 3.63) is 59.7 Å². The van der Waals surface area contributed by atoms with E-state index in [1.807, 2.05) is 48.5 Å². The standard InChI is InChI=1S/C24H30O6/c1-4-13-28-15-21(27)17-30-23-11-7-19(8-12-23)24(2,3)18-5-9-22(10-6-18)29-16-20(26)14-25/h1,5-12,20-21,25-27H,13-17H2,2-3H3. The van der Waals surface area contributed by atoms with Crippen LogP contribution in [0.1, 0.15) is 25.0 Å². The molecule has 0 fully saturated rings. The molecule has 2 unspecified atom stereocenters. The smallest absolute Gasteiger partial charge is 0.119 e. The van der Waals surface area contributed by atoms with E-state index in [-0.39, 0.29) is 38.4 Å². The van der Waals surface area contributed by atoms with Crippen LogP contribution < -0.4 is 9.47 Å². The van der Waals surface area contributed by atoms with Crippen LogP contribution >= 0.6 is 0 Å². The number of benzene rings is 2. The van der Waals surface area contributed by atoms with Crippen molar-refractivity contribution in [1.29, 1.82) is 0 Å². The third kappa shape index (κ3) is 7.05. The molecule has 0 aliphatic carbocycles.